The van der Waals surface area contributed by atoms with Crippen molar-refractivity contribution in [2.75, 3.05) is 7.11 Å². The minimum Gasteiger partial charge on any atom is -0.497 e. The molecule has 0 radical (unpaired) electrons. The number of carbonyl (C=O) groups is 2. The number of carbonyl (C=O) groups excluding carboxylic acids is 2. The first-order valence-electron chi connectivity index (χ1n) is 7.35. The summed E-state index contributed by atoms with van der Waals surface area (Å²) in [4.78, 5) is 26.1. The summed E-state index contributed by atoms with van der Waals surface area (Å²) in [5.74, 6) is 0.355. The summed E-state index contributed by atoms with van der Waals surface area (Å²) in [5.41, 5.74) is 1.28. The zero-order chi connectivity index (χ0) is 16.4. The minimum atomic E-state index is -0.618. The van der Waals surface area contributed by atoms with Crippen LogP contribution in [-0.2, 0) is 4.74 Å². The average molecular weight is 311 g/mol. The fourth-order valence-electron chi connectivity index (χ4n) is 2.75. The number of imide groups is 1. The normalized spacial score (nSPS) is 20.3. The van der Waals surface area contributed by atoms with Crippen molar-refractivity contribution < 1.29 is 19.1 Å². The molecular weight excluding hydrogens is 294 g/mol. The lowest BCUT2D eigenvalue weighted by Gasteiger charge is -2.22. The Morgan fingerprint density at radius 3 is 2.35 bits per heavy atom. The molecule has 2 amide bonds. The lowest BCUT2D eigenvalue weighted by atomic mass is 10.0. The van der Waals surface area contributed by atoms with Gasteiger partial charge in [-0.3, -0.25) is 4.79 Å². The zero-order valence-corrected chi connectivity index (χ0v) is 12.9. The van der Waals surface area contributed by atoms with Crippen LogP contribution in [0.15, 0.2) is 54.6 Å². The molecule has 2 atom stereocenters. The third-order valence-corrected chi connectivity index (χ3v) is 3.90. The maximum Gasteiger partial charge on any atom is 0.417 e. The van der Waals surface area contributed by atoms with Crippen molar-refractivity contribution in [2.24, 2.45) is 0 Å². The highest BCUT2D eigenvalue weighted by atomic mass is 16.6. The minimum absolute atomic E-state index is 0.360. The molecule has 2 aromatic rings. The van der Waals surface area contributed by atoms with Gasteiger partial charge in [0, 0.05) is 5.56 Å². The smallest absolute Gasteiger partial charge is 0.417 e. The molecule has 0 N–H and O–H groups in total. The van der Waals surface area contributed by atoms with Crippen molar-refractivity contribution >= 4 is 12.0 Å². The Labute approximate surface area is 134 Å². The van der Waals surface area contributed by atoms with Gasteiger partial charge in [-0.05, 0) is 36.8 Å². The first-order valence-corrected chi connectivity index (χ1v) is 7.35. The number of ether oxygens (including phenoxy) is 2. The Morgan fingerprint density at radius 2 is 1.74 bits per heavy atom. The van der Waals surface area contributed by atoms with E-state index in [1.54, 1.807) is 50.4 Å². The molecule has 1 fully saturated rings. The van der Waals surface area contributed by atoms with Gasteiger partial charge in [-0.2, -0.15) is 0 Å². The summed E-state index contributed by atoms with van der Waals surface area (Å²) in [7, 11) is 1.59. The summed E-state index contributed by atoms with van der Waals surface area (Å²) in [6.07, 6.45) is -1.03. The number of hydrogen-bond donors (Lipinski definition) is 0. The van der Waals surface area contributed by atoms with Gasteiger partial charge in [-0.25, -0.2) is 9.69 Å². The van der Waals surface area contributed by atoms with Gasteiger partial charge >= 0.3 is 6.09 Å². The monoisotopic (exact) mass is 311 g/mol. The van der Waals surface area contributed by atoms with E-state index in [2.05, 4.69) is 0 Å². The highest BCUT2D eigenvalue weighted by Crippen LogP contribution is 2.35. The third-order valence-electron chi connectivity index (χ3n) is 3.90. The van der Waals surface area contributed by atoms with E-state index in [0.717, 1.165) is 5.56 Å². The molecule has 0 aliphatic carbocycles. The highest BCUT2D eigenvalue weighted by molar-refractivity contribution is 6.04. The highest BCUT2D eigenvalue weighted by Gasteiger charge is 2.44. The number of amides is 2. The molecular formula is C18H17NO4. The van der Waals surface area contributed by atoms with Crippen LogP contribution in [0.2, 0.25) is 0 Å². The van der Waals surface area contributed by atoms with Crippen LogP contribution in [0.25, 0.3) is 0 Å². The van der Waals surface area contributed by atoms with Crippen LogP contribution in [0.5, 0.6) is 5.75 Å². The maximum atomic E-state index is 12.7. The van der Waals surface area contributed by atoms with Crippen molar-refractivity contribution in [1.29, 1.82) is 0 Å². The van der Waals surface area contributed by atoms with Gasteiger partial charge < -0.3 is 9.47 Å². The Bertz CT molecular complexity index is 712. The second-order valence-electron chi connectivity index (χ2n) is 5.35. The largest absolute Gasteiger partial charge is 0.497 e. The van der Waals surface area contributed by atoms with Gasteiger partial charge in [0.1, 0.15) is 17.9 Å². The molecule has 0 bridgehead atoms. The summed E-state index contributed by atoms with van der Waals surface area (Å²) < 4.78 is 10.4. The van der Waals surface area contributed by atoms with Gasteiger partial charge in [0.15, 0.2) is 0 Å². The lowest BCUT2D eigenvalue weighted by molar-refractivity contribution is 0.0772. The third kappa shape index (κ3) is 2.77. The number of rotatable bonds is 3. The van der Waals surface area contributed by atoms with E-state index in [4.69, 9.17) is 9.47 Å². The molecule has 23 heavy (non-hydrogen) atoms. The first kappa shape index (κ1) is 15.1. The fourth-order valence-corrected chi connectivity index (χ4v) is 2.75. The maximum absolute atomic E-state index is 12.7. The molecule has 3 rings (SSSR count). The Morgan fingerprint density at radius 1 is 1.09 bits per heavy atom. The van der Waals surface area contributed by atoms with Gasteiger partial charge in [-0.15, -0.1) is 0 Å². The van der Waals surface area contributed by atoms with Gasteiger partial charge in [-0.1, -0.05) is 30.3 Å². The van der Waals surface area contributed by atoms with Crippen LogP contribution in [0.3, 0.4) is 0 Å². The molecule has 0 aromatic heterocycles. The Hall–Kier alpha value is -2.82. The van der Waals surface area contributed by atoms with Crippen LogP contribution in [-0.4, -0.2) is 30.1 Å². The van der Waals surface area contributed by atoms with Crippen molar-refractivity contribution in [2.45, 2.75) is 19.1 Å². The van der Waals surface area contributed by atoms with Crippen LogP contribution >= 0.6 is 0 Å². The van der Waals surface area contributed by atoms with Gasteiger partial charge in [0.25, 0.3) is 5.91 Å². The van der Waals surface area contributed by atoms with Crippen LogP contribution < -0.4 is 4.74 Å². The summed E-state index contributed by atoms with van der Waals surface area (Å²) >= 11 is 0. The molecule has 0 unspecified atom stereocenters. The van der Waals surface area contributed by atoms with E-state index in [-0.39, 0.29) is 5.91 Å². The van der Waals surface area contributed by atoms with E-state index < -0.39 is 18.2 Å². The van der Waals surface area contributed by atoms with Crippen LogP contribution in [0.1, 0.15) is 28.9 Å². The Balaban J connectivity index is 1.96. The predicted octanol–water partition coefficient (Wildman–Crippen LogP) is 3.42. The summed E-state index contributed by atoms with van der Waals surface area (Å²) in [6, 6.07) is 15.5. The molecule has 1 aliphatic heterocycles. The molecule has 2 aromatic carbocycles. The number of methoxy groups -OCH3 is 1. The van der Waals surface area contributed by atoms with E-state index in [9.17, 15) is 9.59 Å². The molecule has 0 spiro atoms. The van der Waals surface area contributed by atoms with Gasteiger partial charge in [0.2, 0.25) is 0 Å². The SMILES string of the molecule is COc1ccc([C@H]2[C@H](C)OC(=O)N2C(=O)c2ccccc2)cc1. The molecule has 1 saturated heterocycles. The Kier molecular flexibility index (Phi) is 4.02. The standard InChI is InChI=1S/C18H17NO4/c1-12-16(13-8-10-15(22-2)11-9-13)19(18(21)23-12)17(20)14-6-4-3-5-7-14/h3-12,16H,1-2H3/t12-,16+/m0/s1. The van der Waals surface area contributed by atoms with Crippen LogP contribution in [0.4, 0.5) is 4.79 Å². The molecule has 0 saturated carbocycles. The molecule has 5 nitrogen and oxygen atoms in total. The van der Waals surface area contributed by atoms with Gasteiger partial charge in [0.05, 0.1) is 7.11 Å². The number of hydrogen-bond acceptors (Lipinski definition) is 4. The van der Waals surface area contributed by atoms with Crippen molar-refractivity contribution in [3.8, 4) is 5.75 Å². The quantitative estimate of drug-likeness (QED) is 0.871. The lowest BCUT2D eigenvalue weighted by Crippen LogP contribution is -2.35. The van der Waals surface area contributed by atoms with Crippen molar-refractivity contribution in [3.63, 3.8) is 0 Å². The zero-order valence-electron chi connectivity index (χ0n) is 12.9. The molecule has 1 heterocycles. The first-order chi connectivity index (χ1) is 11.1. The van der Waals surface area contributed by atoms with Crippen molar-refractivity contribution in [3.05, 3.63) is 65.7 Å². The second-order valence-corrected chi connectivity index (χ2v) is 5.35. The summed E-state index contributed by atoms with van der Waals surface area (Å²) in [6.45, 7) is 1.78. The van der Waals surface area contributed by atoms with Crippen molar-refractivity contribution in [1.82, 2.24) is 4.90 Å². The topological polar surface area (TPSA) is 55.8 Å². The van der Waals surface area contributed by atoms with E-state index >= 15 is 0 Å². The number of nitrogens with zero attached hydrogens (tertiary/aromatic N) is 1. The number of benzene rings is 2. The molecule has 1 aliphatic rings. The second kappa shape index (κ2) is 6.12. The summed E-state index contributed by atoms with van der Waals surface area (Å²) in [5, 5.41) is 0. The van der Waals surface area contributed by atoms with E-state index in [1.165, 1.54) is 4.90 Å². The van der Waals surface area contributed by atoms with E-state index in [1.807, 2.05) is 18.2 Å². The predicted molar refractivity (Wildman–Crippen MR) is 84.3 cm³/mol. The average Bonchev–Trinajstić information content (AvgIpc) is 2.89. The van der Waals surface area contributed by atoms with E-state index in [0.29, 0.717) is 11.3 Å². The molecule has 118 valence electrons. The number of cyclic esters (lactones) is 1. The van der Waals surface area contributed by atoms with Crippen LogP contribution in [0, 0.1) is 0 Å². The fraction of sp³-hybridized carbons (Fsp3) is 0.222. The molecule has 5 heteroatoms.